The van der Waals surface area contributed by atoms with Gasteiger partial charge in [-0.2, -0.15) is 0 Å². The van der Waals surface area contributed by atoms with E-state index >= 15 is 0 Å². The van der Waals surface area contributed by atoms with E-state index in [1.807, 2.05) is 0 Å². The van der Waals surface area contributed by atoms with Gasteiger partial charge in [0, 0.05) is 12.8 Å². The maximum atomic E-state index is 12.3. The van der Waals surface area contributed by atoms with Gasteiger partial charge in [-0.25, -0.2) is 13.2 Å². The lowest BCUT2D eigenvalue weighted by Crippen LogP contribution is -2.54. The molecule has 0 amide bonds. The molecule has 0 radical (unpaired) electrons. The minimum absolute atomic E-state index is 0.251. The third kappa shape index (κ3) is 2.97. The number of sulfone groups is 1. The molecule has 4 N–H and O–H groups in total. The number of carboxylic acids is 2. The van der Waals surface area contributed by atoms with Gasteiger partial charge in [-0.05, 0) is 19.1 Å². The maximum absolute atomic E-state index is 12.3. The number of carboxylic acid groups (broad SMARTS) is 2. The fourth-order valence-electron chi connectivity index (χ4n) is 1.58. The predicted molar refractivity (Wildman–Crippen MR) is 69.8 cm³/mol. The summed E-state index contributed by atoms with van der Waals surface area (Å²) in [5.74, 6) is -3.10. The summed E-state index contributed by atoms with van der Waals surface area (Å²) in [5, 5.41) is 17.7. The lowest BCUT2D eigenvalue weighted by atomic mass is 10.1. The molecule has 0 fully saturated rings. The highest BCUT2D eigenvalue weighted by Gasteiger charge is 2.48. The summed E-state index contributed by atoms with van der Waals surface area (Å²) < 4.78 is 24.6. The SMILES string of the molecule is Cc1ccc(S(=O)(=O)[C@](N)(CCC(=O)O)C(=O)O)cc1. The molecule has 8 heteroatoms. The third-order valence-corrected chi connectivity index (χ3v) is 5.11. The fraction of sp³-hybridized carbons (Fsp3) is 0.333. The predicted octanol–water partition coefficient (Wildman–Crippen LogP) is 0.373. The number of carbonyl (C=O) groups is 2. The molecule has 1 rings (SSSR count). The first-order chi connectivity index (χ1) is 9.11. The Morgan fingerprint density at radius 3 is 2.10 bits per heavy atom. The van der Waals surface area contributed by atoms with Gasteiger partial charge in [-0.15, -0.1) is 0 Å². The summed E-state index contributed by atoms with van der Waals surface area (Å²) in [6.07, 6.45) is -1.37. The lowest BCUT2D eigenvalue weighted by molar-refractivity contribution is -0.141. The van der Waals surface area contributed by atoms with Crippen molar-refractivity contribution < 1.29 is 28.2 Å². The fourth-order valence-corrected chi connectivity index (χ4v) is 3.09. The highest BCUT2D eigenvalue weighted by molar-refractivity contribution is 7.93. The van der Waals surface area contributed by atoms with Crippen molar-refractivity contribution in [1.29, 1.82) is 0 Å². The van der Waals surface area contributed by atoms with Crippen LogP contribution >= 0.6 is 0 Å². The summed E-state index contributed by atoms with van der Waals surface area (Å²) >= 11 is 0. The molecule has 0 unspecified atom stereocenters. The normalized spacial score (nSPS) is 14.5. The average molecular weight is 301 g/mol. The first-order valence-corrected chi connectivity index (χ1v) is 7.15. The Labute approximate surface area is 115 Å². The molecule has 1 aromatic carbocycles. The number of rotatable bonds is 6. The van der Waals surface area contributed by atoms with Crippen LogP contribution in [0.2, 0.25) is 0 Å². The first kappa shape index (κ1) is 16.1. The Morgan fingerprint density at radius 1 is 1.20 bits per heavy atom. The second kappa shape index (κ2) is 5.59. The van der Waals surface area contributed by atoms with Crippen molar-refractivity contribution in [3.8, 4) is 0 Å². The van der Waals surface area contributed by atoms with Crippen LogP contribution in [0.25, 0.3) is 0 Å². The molecule has 0 aromatic heterocycles. The molecular formula is C12H15NO6S. The van der Waals surface area contributed by atoms with E-state index in [4.69, 9.17) is 15.9 Å². The number of benzene rings is 1. The topological polar surface area (TPSA) is 135 Å². The zero-order chi connectivity index (χ0) is 15.6. The molecule has 110 valence electrons. The Morgan fingerprint density at radius 2 is 1.70 bits per heavy atom. The highest BCUT2D eigenvalue weighted by atomic mass is 32.2. The molecule has 1 atom stereocenters. The molecule has 20 heavy (non-hydrogen) atoms. The van der Waals surface area contributed by atoms with Gasteiger partial charge < -0.3 is 15.9 Å². The van der Waals surface area contributed by atoms with Crippen molar-refractivity contribution in [2.45, 2.75) is 29.5 Å². The van der Waals surface area contributed by atoms with E-state index in [0.717, 1.165) is 5.56 Å². The smallest absolute Gasteiger partial charge is 0.339 e. The number of hydrogen-bond donors (Lipinski definition) is 3. The van der Waals surface area contributed by atoms with Gasteiger partial charge in [-0.1, -0.05) is 17.7 Å². The van der Waals surface area contributed by atoms with Crippen molar-refractivity contribution in [3.05, 3.63) is 29.8 Å². The van der Waals surface area contributed by atoms with E-state index in [9.17, 15) is 18.0 Å². The number of aliphatic carboxylic acids is 2. The van der Waals surface area contributed by atoms with Crippen molar-refractivity contribution >= 4 is 21.8 Å². The quantitative estimate of drug-likeness (QED) is 0.690. The molecule has 0 aliphatic heterocycles. The zero-order valence-corrected chi connectivity index (χ0v) is 11.6. The zero-order valence-electron chi connectivity index (χ0n) is 10.7. The first-order valence-electron chi connectivity index (χ1n) is 5.66. The minimum Gasteiger partial charge on any atom is -0.481 e. The molecule has 0 spiro atoms. The largest absolute Gasteiger partial charge is 0.481 e. The van der Waals surface area contributed by atoms with Crippen molar-refractivity contribution in [3.63, 3.8) is 0 Å². The van der Waals surface area contributed by atoms with Gasteiger partial charge in [0.25, 0.3) is 0 Å². The van der Waals surface area contributed by atoms with Gasteiger partial charge in [0.15, 0.2) is 0 Å². The summed E-state index contributed by atoms with van der Waals surface area (Å²) in [6, 6.07) is 5.50. The molecular weight excluding hydrogens is 286 g/mol. The van der Waals surface area contributed by atoms with Gasteiger partial charge in [0.05, 0.1) is 4.90 Å². The molecule has 0 aliphatic carbocycles. The van der Waals surface area contributed by atoms with Crippen LogP contribution in [-0.4, -0.2) is 35.4 Å². The number of nitrogens with two attached hydrogens (primary N) is 1. The number of hydrogen-bond acceptors (Lipinski definition) is 5. The van der Waals surface area contributed by atoms with Crippen LogP contribution in [0.15, 0.2) is 29.2 Å². The van der Waals surface area contributed by atoms with E-state index < -0.39 is 39.5 Å². The second-order valence-electron chi connectivity index (χ2n) is 4.40. The standard InChI is InChI=1S/C12H15NO6S/c1-8-2-4-9(5-3-8)20(18,19)12(13,11(16)17)7-6-10(14)15/h2-5H,6-7,13H2,1H3,(H,14,15)(H,16,17)/t12-/m1/s1. The van der Waals surface area contributed by atoms with Gasteiger partial charge in [0.1, 0.15) is 0 Å². The molecule has 0 heterocycles. The number of aryl methyl sites for hydroxylation is 1. The van der Waals surface area contributed by atoms with Crippen LogP contribution in [-0.2, 0) is 19.4 Å². The van der Waals surface area contributed by atoms with Crippen LogP contribution in [0.1, 0.15) is 18.4 Å². The summed E-state index contributed by atoms with van der Waals surface area (Å²) in [6.45, 7) is 1.74. The van der Waals surface area contributed by atoms with Gasteiger partial charge in [0.2, 0.25) is 14.7 Å². The van der Waals surface area contributed by atoms with Gasteiger partial charge in [-0.3, -0.25) is 4.79 Å². The molecule has 0 saturated heterocycles. The Kier molecular flexibility index (Phi) is 4.51. The van der Waals surface area contributed by atoms with Crippen molar-refractivity contribution in [2.24, 2.45) is 5.73 Å². The molecule has 7 nitrogen and oxygen atoms in total. The van der Waals surface area contributed by atoms with Crippen molar-refractivity contribution in [2.75, 3.05) is 0 Å². The van der Waals surface area contributed by atoms with E-state index in [1.165, 1.54) is 24.3 Å². The Balaban J connectivity index is 3.28. The Hall–Kier alpha value is -1.93. The summed E-state index contributed by atoms with van der Waals surface area (Å²) in [4.78, 5) is 18.8. The van der Waals surface area contributed by atoms with E-state index in [0.29, 0.717) is 0 Å². The van der Waals surface area contributed by atoms with Crippen LogP contribution < -0.4 is 5.73 Å². The molecule has 0 aliphatic rings. The summed E-state index contributed by atoms with van der Waals surface area (Å²) in [5.41, 5.74) is 6.28. The van der Waals surface area contributed by atoms with Crippen LogP contribution in [0.3, 0.4) is 0 Å². The van der Waals surface area contributed by atoms with Crippen LogP contribution in [0.4, 0.5) is 0 Å². The minimum atomic E-state index is -4.40. The third-order valence-electron chi connectivity index (χ3n) is 2.88. The second-order valence-corrected chi connectivity index (χ2v) is 6.61. The average Bonchev–Trinajstić information content (AvgIpc) is 2.35. The molecule has 0 saturated carbocycles. The lowest BCUT2D eigenvalue weighted by Gasteiger charge is -2.24. The Bertz CT molecular complexity index is 622. The highest BCUT2D eigenvalue weighted by Crippen LogP contribution is 2.26. The van der Waals surface area contributed by atoms with E-state index in [2.05, 4.69) is 0 Å². The monoisotopic (exact) mass is 301 g/mol. The van der Waals surface area contributed by atoms with E-state index in [-0.39, 0.29) is 4.90 Å². The van der Waals surface area contributed by atoms with Crippen LogP contribution in [0.5, 0.6) is 0 Å². The van der Waals surface area contributed by atoms with Gasteiger partial charge >= 0.3 is 11.9 Å². The van der Waals surface area contributed by atoms with Crippen LogP contribution in [0, 0.1) is 6.92 Å². The van der Waals surface area contributed by atoms with E-state index in [1.54, 1.807) is 6.92 Å². The summed E-state index contributed by atoms with van der Waals surface area (Å²) in [7, 11) is -4.40. The van der Waals surface area contributed by atoms with Crippen molar-refractivity contribution in [1.82, 2.24) is 0 Å². The maximum Gasteiger partial charge on any atom is 0.339 e. The molecule has 1 aromatic rings. The molecule has 0 bridgehead atoms.